The summed E-state index contributed by atoms with van der Waals surface area (Å²) in [6.45, 7) is 6.86. The third-order valence-corrected chi connectivity index (χ3v) is 5.26. The molecule has 0 spiro atoms. The van der Waals surface area contributed by atoms with E-state index >= 15 is 0 Å². The number of anilines is 1. The van der Waals surface area contributed by atoms with Crippen LogP contribution in [0.15, 0.2) is 24.0 Å². The van der Waals surface area contributed by atoms with E-state index in [0.717, 1.165) is 32.5 Å². The van der Waals surface area contributed by atoms with Gasteiger partial charge in [-0.3, -0.25) is 14.4 Å². The van der Waals surface area contributed by atoms with E-state index in [1.54, 1.807) is 6.20 Å². The largest absolute Gasteiger partial charge is 0.301 e. The molecule has 0 saturated carbocycles. The van der Waals surface area contributed by atoms with Gasteiger partial charge in [-0.2, -0.15) is 5.10 Å². The number of hydrogen-bond acceptors (Lipinski definition) is 5. The predicted molar refractivity (Wildman–Crippen MR) is 91.7 cm³/mol. The van der Waals surface area contributed by atoms with Gasteiger partial charge in [-0.05, 0) is 51.3 Å². The van der Waals surface area contributed by atoms with Crippen LogP contribution in [-0.4, -0.2) is 44.7 Å². The molecule has 1 amide bonds. The molecule has 1 unspecified atom stereocenters. The third-order valence-electron chi connectivity index (χ3n) is 4.57. The lowest BCUT2D eigenvalue weighted by Crippen LogP contribution is -2.45. The monoisotopic (exact) mass is 333 g/mol. The maximum Gasteiger partial charge on any atom is 0.243 e. The highest BCUT2D eigenvalue weighted by molar-refractivity contribution is 7.13. The summed E-state index contributed by atoms with van der Waals surface area (Å²) in [5, 5.41) is 9.79. The predicted octanol–water partition coefficient (Wildman–Crippen LogP) is 2.57. The summed E-state index contributed by atoms with van der Waals surface area (Å²) >= 11 is 1.45. The second kappa shape index (κ2) is 7.23. The highest BCUT2D eigenvalue weighted by Crippen LogP contribution is 2.28. The Hall–Kier alpha value is -1.73. The number of piperidine rings is 1. The van der Waals surface area contributed by atoms with Crippen LogP contribution >= 0.6 is 11.3 Å². The van der Waals surface area contributed by atoms with Gasteiger partial charge < -0.3 is 5.32 Å². The van der Waals surface area contributed by atoms with Crippen LogP contribution in [0.5, 0.6) is 0 Å². The molecular formula is C16H23N5OS. The molecule has 23 heavy (non-hydrogen) atoms. The van der Waals surface area contributed by atoms with E-state index in [0.29, 0.717) is 11.0 Å². The smallest absolute Gasteiger partial charge is 0.243 e. The molecule has 0 bridgehead atoms. The lowest BCUT2D eigenvalue weighted by atomic mass is 9.91. The van der Waals surface area contributed by atoms with Crippen LogP contribution in [0.25, 0.3) is 0 Å². The van der Waals surface area contributed by atoms with E-state index < -0.39 is 0 Å². The van der Waals surface area contributed by atoms with Gasteiger partial charge in [-0.15, -0.1) is 11.3 Å². The molecule has 0 radical (unpaired) electrons. The van der Waals surface area contributed by atoms with Crippen LogP contribution in [0.2, 0.25) is 0 Å². The van der Waals surface area contributed by atoms with Crippen molar-refractivity contribution in [2.45, 2.75) is 45.2 Å². The third kappa shape index (κ3) is 3.79. The summed E-state index contributed by atoms with van der Waals surface area (Å²) in [5.41, 5.74) is 1.33. The minimum absolute atomic E-state index is 0.0252. The Labute approximate surface area is 140 Å². The fraction of sp³-hybridized carbons (Fsp3) is 0.562. The first-order valence-corrected chi connectivity index (χ1v) is 9.02. The van der Waals surface area contributed by atoms with Crippen molar-refractivity contribution in [1.82, 2.24) is 19.7 Å². The molecule has 7 heteroatoms. The van der Waals surface area contributed by atoms with Crippen LogP contribution in [0.4, 0.5) is 5.13 Å². The summed E-state index contributed by atoms with van der Waals surface area (Å²) in [5.74, 6) is 0.581. The van der Waals surface area contributed by atoms with Crippen LogP contribution in [0.1, 0.15) is 38.2 Å². The molecule has 0 aliphatic carbocycles. The fourth-order valence-corrected chi connectivity index (χ4v) is 3.58. The Morgan fingerprint density at radius 1 is 1.48 bits per heavy atom. The number of rotatable bonds is 5. The number of thiazole rings is 1. The lowest BCUT2D eigenvalue weighted by Gasteiger charge is -2.34. The summed E-state index contributed by atoms with van der Waals surface area (Å²) in [6.07, 6.45) is 7.99. The highest BCUT2D eigenvalue weighted by Gasteiger charge is 2.28. The summed E-state index contributed by atoms with van der Waals surface area (Å²) in [4.78, 5) is 18.7. The normalized spacial score (nSPS) is 18.0. The van der Waals surface area contributed by atoms with E-state index in [1.807, 2.05) is 23.2 Å². The van der Waals surface area contributed by atoms with Crippen LogP contribution < -0.4 is 5.32 Å². The maximum atomic E-state index is 12.3. The number of carbonyl (C=O) groups excluding carboxylic acids is 1. The topological polar surface area (TPSA) is 63.1 Å². The molecule has 1 atom stereocenters. The van der Waals surface area contributed by atoms with Gasteiger partial charge in [0.1, 0.15) is 0 Å². The average Bonchev–Trinajstić information content (AvgIpc) is 3.25. The average molecular weight is 333 g/mol. The SMILES string of the molecule is CCn1cc(C2CCN(C(C)C(=O)Nc3nccs3)CC2)cn1. The molecule has 0 aromatic carbocycles. The number of hydrogen-bond donors (Lipinski definition) is 1. The quantitative estimate of drug-likeness (QED) is 0.913. The van der Waals surface area contributed by atoms with Gasteiger partial charge in [0.2, 0.25) is 5.91 Å². The number of carbonyl (C=O) groups is 1. The minimum atomic E-state index is -0.127. The van der Waals surface area contributed by atoms with Gasteiger partial charge in [0, 0.05) is 24.3 Å². The van der Waals surface area contributed by atoms with E-state index in [4.69, 9.17) is 0 Å². The van der Waals surface area contributed by atoms with Crippen LogP contribution in [-0.2, 0) is 11.3 Å². The molecule has 1 aliphatic rings. The van der Waals surface area contributed by atoms with Gasteiger partial charge in [0.15, 0.2) is 5.13 Å². The second-order valence-electron chi connectivity index (χ2n) is 5.94. The van der Waals surface area contributed by atoms with Crippen molar-refractivity contribution in [2.75, 3.05) is 18.4 Å². The lowest BCUT2D eigenvalue weighted by molar-refractivity contribution is -0.121. The number of nitrogens with zero attached hydrogens (tertiary/aromatic N) is 4. The van der Waals surface area contributed by atoms with Crippen LogP contribution in [0.3, 0.4) is 0 Å². The van der Waals surface area contributed by atoms with Gasteiger partial charge in [0.25, 0.3) is 0 Å². The van der Waals surface area contributed by atoms with Crippen LogP contribution in [0, 0.1) is 0 Å². The number of aryl methyl sites for hydroxylation is 1. The number of amides is 1. The zero-order valence-corrected chi connectivity index (χ0v) is 14.4. The Kier molecular flexibility index (Phi) is 5.07. The first kappa shape index (κ1) is 16.1. The van der Waals surface area contributed by atoms with E-state index in [-0.39, 0.29) is 11.9 Å². The summed E-state index contributed by atoms with van der Waals surface area (Å²) < 4.78 is 1.98. The molecule has 3 rings (SSSR count). The Bertz CT molecular complexity index is 631. The molecule has 6 nitrogen and oxygen atoms in total. The van der Waals surface area contributed by atoms with Crippen molar-refractivity contribution in [3.05, 3.63) is 29.5 Å². The van der Waals surface area contributed by atoms with Crippen molar-refractivity contribution in [1.29, 1.82) is 0 Å². The van der Waals surface area contributed by atoms with Crippen molar-refractivity contribution in [3.63, 3.8) is 0 Å². The van der Waals surface area contributed by atoms with E-state index in [2.05, 4.69) is 33.4 Å². The molecule has 124 valence electrons. The number of aromatic nitrogens is 3. The maximum absolute atomic E-state index is 12.3. The zero-order chi connectivity index (χ0) is 16.2. The molecule has 1 fully saturated rings. The first-order valence-electron chi connectivity index (χ1n) is 8.14. The highest BCUT2D eigenvalue weighted by atomic mass is 32.1. The van der Waals surface area contributed by atoms with E-state index in [1.165, 1.54) is 16.9 Å². The van der Waals surface area contributed by atoms with Crippen molar-refractivity contribution < 1.29 is 4.79 Å². The Morgan fingerprint density at radius 3 is 2.87 bits per heavy atom. The summed E-state index contributed by atoms with van der Waals surface area (Å²) in [6, 6.07) is -0.127. The molecule has 2 aromatic heterocycles. The molecule has 3 heterocycles. The van der Waals surface area contributed by atoms with Crippen molar-refractivity contribution in [2.24, 2.45) is 0 Å². The molecule has 2 aromatic rings. The van der Waals surface area contributed by atoms with E-state index in [9.17, 15) is 4.79 Å². The first-order chi connectivity index (χ1) is 11.2. The summed E-state index contributed by atoms with van der Waals surface area (Å²) in [7, 11) is 0. The Morgan fingerprint density at radius 2 is 2.26 bits per heavy atom. The van der Waals surface area contributed by atoms with Gasteiger partial charge in [-0.1, -0.05) is 0 Å². The number of likely N-dealkylation sites (tertiary alicyclic amines) is 1. The Balaban J connectivity index is 1.52. The molecule has 1 N–H and O–H groups in total. The molecule has 1 aliphatic heterocycles. The zero-order valence-electron chi connectivity index (χ0n) is 13.6. The van der Waals surface area contributed by atoms with Gasteiger partial charge in [-0.25, -0.2) is 4.98 Å². The van der Waals surface area contributed by atoms with Gasteiger partial charge >= 0.3 is 0 Å². The number of nitrogens with one attached hydrogen (secondary N) is 1. The molecular weight excluding hydrogens is 310 g/mol. The second-order valence-corrected chi connectivity index (χ2v) is 6.84. The molecule has 1 saturated heterocycles. The van der Waals surface area contributed by atoms with Crippen molar-refractivity contribution >= 4 is 22.4 Å². The van der Waals surface area contributed by atoms with Gasteiger partial charge in [0.05, 0.1) is 12.2 Å². The fourth-order valence-electron chi connectivity index (χ4n) is 3.04. The minimum Gasteiger partial charge on any atom is -0.301 e. The standard InChI is InChI=1S/C16H23N5OS/c1-3-21-11-14(10-18-21)13-4-7-20(8-5-13)12(2)15(22)19-16-17-6-9-23-16/h6,9-13H,3-5,7-8H2,1-2H3,(H,17,19,22). The van der Waals surface area contributed by atoms with Crippen molar-refractivity contribution in [3.8, 4) is 0 Å².